The number of hydrogen-bond donors (Lipinski definition) is 10. The summed E-state index contributed by atoms with van der Waals surface area (Å²) in [4.78, 5) is 59.8. The summed E-state index contributed by atoms with van der Waals surface area (Å²) in [5.41, 5.74) is 41.8. The van der Waals surface area contributed by atoms with Crippen molar-refractivity contribution in [2.75, 3.05) is 101 Å². The van der Waals surface area contributed by atoms with Gasteiger partial charge in [0.2, 0.25) is 23.8 Å². The number of nitrogens with two attached hydrogens (primary N) is 5. The summed E-state index contributed by atoms with van der Waals surface area (Å²) in [5, 5.41) is 37.9. The number of benzene rings is 4. The van der Waals surface area contributed by atoms with E-state index in [4.69, 9.17) is 79.6 Å². The van der Waals surface area contributed by atoms with Crippen LogP contribution in [0.5, 0.6) is 23.0 Å². The van der Waals surface area contributed by atoms with Gasteiger partial charge in [-0.05, 0) is 116 Å². The van der Waals surface area contributed by atoms with Crippen LogP contribution in [0.1, 0.15) is 154 Å². The molecule has 0 fully saturated rings. The second-order valence-electron chi connectivity index (χ2n) is 26.7. The van der Waals surface area contributed by atoms with Gasteiger partial charge in [-0.25, -0.2) is 24.7 Å². The average molecular weight is 1710 g/mol. The number of carboxylic acids is 1. The summed E-state index contributed by atoms with van der Waals surface area (Å²) in [6.07, 6.45) is 22.2. The van der Waals surface area contributed by atoms with E-state index in [2.05, 4.69) is 121 Å². The number of alkyl halides is 1. The van der Waals surface area contributed by atoms with Crippen LogP contribution in [0.25, 0.3) is 44.1 Å². The minimum atomic E-state index is -0.866. The van der Waals surface area contributed by atoms with Crippen LogP contribution in [0.2, 0.25) is 5.15 Å². The van der Waals surface area contributed by atoms with Crippen LogP contribution in [0.15, 0.2) is 122 Å². The maximum absolute atomic E-state index is 11.8. The van der Waals surface area contributed by atoms with Gasteiger partial charge in [0.05, 0.1) is 114 Å². The van der Waals surface area contributed by atoms with Gasteiger partial charge in [0.1, 0.15) is 45.1 Å². The number of aromatic nitrogens is 12. The number of fused-ring (bicyclic) bond motifs is 4. The summed E-state index contributed by atoms with van der Waals surface area (Å²) in [5.74, 6) is 4.80. The van der Waals surface area contributed by atoms with Gasteiger partial charge in [0, 0.05) is 72.0 Å². The predicted molar refractivity (Wildman–Crippen MR) is 467 cm³/mol. The number of methoxy groups -OCH3 is 5. The van der Waals surface area contributed by atoms with Crippen molar-refractivity contribution in [3.05, 3.63) is 172 Å². The first-order valence-corrected chi connectivity index (χ1v) is 40.0. The largest absolute Gasteiger partial charge is 1.00 e. The number of unbranched alkanes of at least 4 members (excludes halogenated alkanes) is 8. The summed E-state index contributed by atoms with van der Waals surface area (Å²) >= 11 is 9.11. The minimum absolute atomic E-state index is 0. The molecular weight excluding hydrogens is 1600 g/mol. The zero-order valence-corrected chi connectivity index (χ0v) is 73.4. The standard InChI is InChI=1S/C21H26N6O.2C21H27N5O3.C10H10BrNO.C6H5ClN4.C5H13N.Na.H2O/c1-3-4-5-11-24-20-19-17(25-21(23)26-20)9-12-27(19)14-16-13-15(8-10-22)6-7-18(16)28-2;1-4-5-6-10-23-19-18-16(24-21(22)25-19)9-11-26(18)13-15-8-7-14(20(27)29-3)12-17(15)28-2;1-3-4-5-9-23-20-19-16(24-21(22)25-20)8-10-26(19)13-15-11-14(12-18(27)28)6-7-17(15)29-2;1-13-10-3-2-8(4-5-12)6-9(10)7-11;7-5-4-3(1-2-9-4)10-6(8)11-5;1-2-3-4-5-6;;/h6-7,9,12-13H,3-5,8,11,14H2,1-2H3,(H3,23,24,25,26);7-9,11-12H,4-6,10,13H2,1-3H3,(H3,22,23,24,25);6-8,10-11H,3-5,9,12-13H2,1-2H3,(H,27,28)(H3,22,23,24,25);2-3,6H,4,7H2,1H3;1-2,9H,(H2,8,10,11);2-6H2,1H3;;1H2/q;;;;;;+1;/p-1. The number of nitriles is 2. The van der Waals surface area contributed by atoms with E-state index in [0.29, 0.717) is 60.5 Å². The van der Waals surface area contributed by atoms with Gasteiger partial charge in [-0.15, -0.1) is 0 Å². The molecule has 16 N–H and O–H groups in total. The molecule has 0 saturated heterocycles. The fourth-order valence-corrected chi connectivity index (χ4v) is 13.1. The van der Waals surface area contributed by atoms with E-state index >= 15 is 0 Å². The third kappa shape index (κ3) is 29.1. The number of nitrogen functional groups attached to an aromatic ring is 4. The normalized spacial score (nSPS) is 10.4. The smallest absolute Gasteiger partial charge is 0.870 e. The van der Waals surface area contributed by atoms with Gasteiger partial charge in [-0.2, -0.15) is 30.5 Å². The van der Waals surface area contributed by atoms with E-state index < -0.39 is 11.9 Å². The fourth-order valence-electron chi connectivity index (χ4n) is 12.4. The number of carboxylic acid groups (broad SMARTS) is 1. The number of hydrogen-bond acceptors (Lipinski definition) is 26. The molecule has 0 radical (unpaired) electrons. The van der Waals surface area contributed by atoms with Crippen molar-refractivity contribution in [1.82, 2.24) is 58.6 Å². The molecule has 12 aromatic rings. The molecule has 0 saturated carbocycles. The van der Waals surface area contributed by atoms with Crippen molar-refractivity contribution in [3.63, 3.8) is 0 Å². The van der Waals surface area contributed by atoms with Crippen LogP contribution >= 0.6 is 27.5 Å². The topological polar surface area (TPSA) is 478 Å². The molecule has 31 nitrogen and oxygen atoms in total. The minimum Gasteiger partial charge on any atom is -0.870 e. The number of aliphatic carboxylic acids is 1. The Labute approximate surface area is 724 Å². The second-order valence-corrected chi connectivity index (χ2v) is 27.6. The van der Waals surface area contributed by atoms with E-state index in [0.717, 1.165) is 189 Å². The van der Waals surface area contributed by atoms with Crippen LogP contribution < -0.4 is 93.1 Å². The van der Waals surface area contributed by atoms with Gasteiger partial charge in [-0.1, -0.05) is 137 Å². The van der Waals surface area contributed by atoms with Gasteiger partial charge in [-0.3, -0.25) is 4.79 Å². The Morgan fingerprint density at radius 1 is 0.500 bits per heavy atom. The second kappa shape index (κ2) is 51.8. The van der Waals surface area contributed by atoms with E-state index in [1.165, 1.54) is 32.8 Å². The van der Waals surface area contributed by atoms with Crippen LogP contribution in [-0.4, -0.2) is 143 Å². The Balaban J connectivity index is 0.000000266. The van der Waals surface area contributed by atoms with Crippen LogP contribution in [-0.2, 0) is 53.8 Å². The van der Waals surface area contributed by atoms with Crippen LogP contribution in [0.3, 0.4) is 0 Å². The van der Waals surface area contributed by atoms with E-state index in [1.54, 1.807) is 65.0 Å². The molecule has 0 bridgehead atoms. The van der Waals surface area contributed by atoms with Crippen molar-refractivity contribution in [2.45, 2.75) is 149 Å². The summed E-state index contributed by atoms with van der Waals surface area (Å²) in [6, 6.07) is 34.2. The number of H-pyrrole nitrogens is 1. The zero-order valence-electron chi connectivity index (χ0n) is 69.0. The third-order valence-corrected chi connectivity index (χ3v) is 19.0. The molecule has 12 rings (SSSR count). The average Bonchev–Trinajstić information content (AvgIpc) is 1.64. The number of halogens is 2. The molecule has 4 aromatic carbocycles. The molecule has 118 heavy (non-hydrogen) atoms. The van der Waals surface area contributed by atoms with Gasteiger partial charge in [0.25, 0.3) is 0 Å². The van der Waals surface area contributed by atoms with Gasteiger partial charge < -0.3 is 97.6 Å². The zero-order chi connectivity index (χ0) is 83.9. The number of nitrogens with zero attached hydrogens (tertiary/aromatic N) is 13. The van der Waals surface area contributed by atoms with Crippen molar-refractivity contribution in [3.8, 4) is 35.1 Å². The number of carbonyl (C=O) groups excluding carboxylic acids is 1. The molecule has 0 amide bonds. The Morgan fingerprint density at radius 3 is 1.28 bits per heavy atom. The monoisotopic (exact) mass is 1710 g/mol. The number of esters is 1. The third-order valence-electron chi connectivity index (χ3n) is 18.1. The molecule has 624 valence electrons. The number of rotatable bonds is 34. The van der Waals surface area contributed by atoms with Gasteiger partial charge >= 0.3 is 41.5 Å². The molecule has 8 heterocycles. The predicted octanol–water partition coefficient (Wildman–Crippen LogP) is 12.3. The molecule has 0 unspecified atom stereocenters. The van der Waals surface area contributed by atoms with Crippen molar-refractivity contribution in [1.29, 1.82) is 10.5 Å². The van der Waals surface area contributed by atoms with Gasteiger partial charge in [0.15, 0.2) is 22.6 Å². The molecule has 0 aliphatic carbocycles. The Hall–Kier alpha value is -11.2. The van der Waals surface area contributed by atoms with Crippen molar-refractivity contribution in [2.24, 2.45) is 5.73 Å². The first-order chi connectivity index (χ1) is 56.2. The first kappa shape index (κ1) is 97.3. The number of ether oxygens (including phenoxy) is 5. The van der Waals surface area contributed by atoms with Crippen molar-refractivity contribution >= 4 is 125 Å². The Kier molecular flexibility index (Phi) is 42.7. The number of anilines is 7. The summed E-state index contributed by atoms with van der Waals surface area (Å²) in [6.45, 7) is 13.6. The molecule has 34 heteroatoms. The SMILES string of the molecule is CCCCCN.CCCCCNc1nc(N)nc2ccn(Cc3cc(CC#N)ccc3OC)c12.CCCCCNc1nc(N)nc2ccn(Cc3cc(CC(=O)O)ccc3OC)c12.CCCCCNc1nc(N)nc2ccn(Cc3ccc(C(=O)OC)cc3OC)c12.COc1ccc(CC#N)cc1CBr.Nc1nc(Cl)c2[nH]ccc2n1.[Na+].[OH-]. The maximum Gasteiger partial charge on any atom is 1.00 e. The number of nitrogens with one attached hydrogen (secondary N) is 4. The molecule has 8 aromatic heterocycles. The number of carbonyl (C=O) groups is 2. The van der Waals surface area contributed by atoms with E-state index in [9.17, 15) is 9.59 Å². The number of aromatic amines is 1. The molecule has 0 aliphatic heterocycles. The first-order valence-electron chi connectivity index (χ1n) is 38.5. The maximum atomic E-state index is 11.8. The molecule has 0 atom stereocenters. The quantitative estimate of drug-likeness (QED) is 0.00589. The molecular formula is C84H109BrClN22NaO9. The van der Waals surface area contributed by atoms with E-state index in [1.807, 2.05) is 94.5 Å². The fraction of sp³-hybridized carbons (Fsp3) is 0.381. The van der Waals surface area contributed by atoms with Crippen LogP contribution in [0.4, 0.5) is 41.2 Å². The molecule has 0 spiro atoms. The van der Waals surface area contributed by atoms with Crippen LogP contribution in [0, 0.1) is 22.7 Å². The molecule has 0 aliphatic rings. The van der Waals surface area contributed by atoms with Crippen molar-refractivity contribution < 1.29 is 73.4 Å². The Morgan fingerprint density at radius 2 is 0.890 bits per heavy atom. The summed E-state index contributed by atoms with van der Waals surface area (Å²) < 4.78 is 32.6. The van der Waals surface area contributed by atoms with E-state index in [-0.39, 0.29) is 65.2 Å². The Bertz CT molecular complexity index is 5220. The summed E-state index contributed by atoms with van der Waals surface area (Å²) in [7, 11) is 7.84.